The van der Waals surface area contributed by atoms with Gasteiger partial charge in [-0.2, -0.15) is 0 Å². The molecule has 5 aromatic carbocycles. The summed E-state index contributed by atoms with van der Waals surface area (Å²) < 4.78 is 24.4. The predicted octanol–water partition coefficient (Wildman–Crippen LogP) is 11.6. The quantitative estimate of drug-likeness (QED) is 0.0495. The molecule has 8 rings (SSSR count). The maximum absolute atomic E-state index is 14.1. The fourth-order valence-corrected chi connectivity index (χ4v) is 9.31. The van der Waals surface area contributed by atoms with Crippen LogP contribution in [0.25, 0.3) is 33.1 Å². The highest BCUT2D eigenvalue weighted by atomic mass is 16.6. The molecule has 1 heterocycles. The molecule has 0 aliphatic heterocycles. The van der Waals surface area contributed by atoms with Crippen LogP contribution in [-0.2, 0) is 54.3 Å². The van der Waals surface area contributed by atoms with Gasteiger partial charge in [0.05, 0.1) is 23.7 Å². The van der Waals surface area contributed by atoms with Crippen LogP contribution >= 0.6 is 0 Å². The first-order valence-corrected chi connectivity index (χ1v) is 24.0. The number of hydrogen-bond donors (Lipinski definition) is 0. The van der Waals surface area contributed by atoms with E-state index in [1.54, 1.807) is 6.20 Å². The smallest absolute Gasteiger partial charge is 0.314 e. The number of nitrogens with zero attached hydrogens (tertiary/aromatic N) is 2. The highest BCUT2D eigenvalue weighted by Gasteiger charge is 2.33. The lowest BCUT2D eigenvalue weighted by Crippen LogP contribution is -2.30. The SMILES string of the molecule is CCCc1ccc(CCC(=O)O[C@H]2CC[C@H](C(=O)Oc3c4ccccc4c(OC(=O)[C@H]4CC[C@H](OC(=O)CCc5ccc(CCC)cc5)CC4)c4nc(-c5ccccc5)cnc34)CC2)cc1. The number of rotatable bonds is 17. The molecule has 2 aliphatic rings. The first-order chi connectivity index (χ1) is 32.2. The van der Waals surface area contributed by atoms with Gasteiger partial charge >= 0.3 is 23.9 Å². The molecule has 0 atom stereocenters. The van der Waals surface area contributed by atoms with E-state index in [4.69, 9.17) is 28.9 Å². The first-order valence-electron chi connectivity index (χ1n) is 24.0. The fraction of sp³-hybridized carbons (Fsp3) is 0.393. The summed E-state index contributed by atoms with van der Waals surface area (Å²) in [5.74, 6) is -1.55. The minimum atomic E-state index is -0.407. The zero-order valence-corrected chi connectivity index (χ0v) is 38.2. The number of aromatic nitrogens is 2. The van der Waals surface area contributed by atoms with Gasteiger partial charge in [-0.25, -0.2) is 9.97 Å². The van der Waals surface area contributed by atoms with Crippen LogP contribution in [0.4, 0.5) is 0 Å². The molecule has 1 aromatic heterocycles. The largest absolute Gasteiger partial charge is 0.462 e. The van der Waals surface area contributed by atoms with Gasteiger partial charge in [-0.05, 0) is 99.3 Å². The molecular weight excluding hydrogens is 829 g/mol. The Kier molecular flexibility index (Phi) is 15.5. The summed E-state index contributed by atoms with van der Waals surface area (Å²) in [6, 6.07) is 33.8. The normalized spacial score (nSPS) is 18.4. The molecule has 66 heavy (non-hydrogen) atoms. The summed E-state index contributed by atoms with van der Waals surface area (Å²) in [6.07, 6.45) is 11.6. The van der Waals surface area contributed by atoms with Gasteiger partial charge in [0.25, 0.3) is 0 Å². The van der Waals surface area contributed by atoms with E-state index in [0.717, 1.165) is 42.4 Å². The second-order valence-corrected chi connectivity index (χ2v) is 17.9. The third kappa shape index (κ3) is 11.7. The maximum Gasteiger partial charge on any atom is 0.314 e. The van der Waals surface area contributed by atoms with Crippen molar-refractivity contribution in [3.05, 3.63) is 132 Å². The second-order valence-electron chi connectivity index (χ2n) is 17.9. The van der Waals surface area contributed by atoms with E-state index in [1.807, 2.05) is 54.6 Å². The van der Waals surface area contributed by atoms with Crippen LogP contribution in [-0.4, -0.2) is 46.1 Å². The van der Waals surface area contributed by atoms with E-state index in [1.165, 1.54) is 11.1 Å². The van der Waals surface area contributed by atoms with E-state index in [-0.39, 0.29) is 35.6 Å². The number of ether oxygens (including phenoxy) is 4. The number of fused-ring (bicyclic) bond motifs is 2. The van der Waals surface area contributed by atoms with Crippen LogP contribution < -0.4 is 9.47 Å². The molecule has 10 heteroatoms. The standard InChI is InChI=1S/C56H60N2O8/c1-3-10-37-16-20-39(21-17-37)24-34-49(59)63-44-30-26-42(27-31-44)55(61)65-53-46-14-8-9-15-47(46)54(52-51(53)57-36-48(58-52)41-12-6-5-7-13-41)66-56(62)43-28-32-45(33-29-43)64-50(60)35-25-40-22-18-38(11-4-2)19-23-40/h5-9,12-23,36,42-45H,3-4,10-11,24-35H2,1-2H3/t42-,43-,44-,45-. The number of benzene rings is 5. The molecule has 0 unspecified atom stereocenters. The molecule has 0 amide bonds. The highest BCUT2D eigenvalue weighted by Crippen LogP contribution is 2.43. The summed E-state index contributed by atoms with van der Waals surface area (Å²) in [7, 11) is 0. The summed E-state index contributed by atoms with van der Waals surface area (Å²) in [5, 5.41) is 1.13. The number of aryl methyl sites for hydroxylation is 4. The lowest BCUT2D eigenvalue weighted by molar-refractivity contribution is -0.153. The zero-order chi connectivity index (χ0) is 45.8. The minimum absolute atomic E-state index is 0.227. The first kappa shape index (κ1) is 46.1. The molecule has 2 fully saturated rings. The van der Waals surface area contributed by atoms with Crippen LogP contribution in [0.5, 0.6) is 11.5 Å². The Bertz CT molecular complexity index is 2610. The molecular formula is C56H60N2O8. The van der Waals surface area contributed by atoms with Crippen molar-refractivity contribution in [2.75, 3.05) is 0 Å². The molecule has 342 valence electrons. The number of hydrogen-bond acceptors (Lipinski definition) is 10. The molecule has 0 bridgehead atoms. The van der Waals surface area contributed by atoms with Gasteiger partial charge in [0.2, 0.25) is 0 Å². The van der Waals surface area contributed by atoms with E-state index in [0.29, 0.717) is 105 Å². The summed E-state index contributed by atoms with van der Waals surface area (Å²) in [4.78, 5) is 63.5. The maximum atomic E-state index is 14.1. The average Bonchev–Trinajstić information content (AvgIpc) is 3.35. The van der Waals surface area contributed by atoms with Gasteiger partial charge in [-0.1, -0.05) is 130 Å². The molecule has 2 aliphatic carbocycles. The monoisotopic (exact) mass is 888 g/mol. The van der Waals surface area contributed by atoms with E-state index >= 15 is 0 Å². The highest BCUT2D eigenvalue weighted by molar-refractivity contribution is 6.10. The Hall–Kier alpha value is -6.42. The Morgan fingerprint density at radius 3 is 1.35 bits per heavy atom. The van der Waals surface area contributed by atoms with Crippen LogP contribution in [0.15, 0.2) is 109 Å². The van der Waals surface area contributed by atoms with Crippen LogP contribution in [0.2, 0.25) is 0 Å². The molecule has 6 aromatic rings. The van der Waals surface area contributed by atoms with Crippen molar-refractivity contribution < 1.29 is 38.1 Å². The fourth-order valence-electron chi connectivity index (χ4n) is 9.31. The Balaban J connectivity index is 0.922. The molecule has 0 saturated heterocycles. The Labute approximate surface area is 387 Å². The lowest BCUT2D eigenvalue weighted by atomic mass is 9.87. The average molecular weight is 889 g/mol. The van der Waals surface area contributed by atoms with Gasteiger partial charge in [0.1, 0.15) is 23.2 Å². The van der Waals surface area contributed by atoms with Crippen LogP contribution in [0.3, 0.4) is 0 Å². The topological polar surface area (TPSA) is 131 Å². The number of carbonyl (C=O) groups is 4. The molecule has 10 nitrogen and oxygen atoms in total. The van der Waals surface area contributed by atoms with Crippen molar-refractivity contribution in [1.29, 1.82) is 0 Å². The van der Waals surface area contributed by atoms with Crippen molar-refractivity contribution in [1.82, 2.24) is 9.97 Å². The van der Waals surface area contributed by atoms with Crippen molar-refractivity contribution in [3.8, 4) is 22.8 Å². The van der Waals surface area contributed by atoms with Crippen molar-refractivity contribution in [2.45, 2.75) is 129 Å². The molecule has 0 N–H and O–H groups in total. The Morgan fingerprint density at radius 2 is 0.909 bits per heavy atom. The van der Waals surface area contributed by atoms with E-state index < -0.39 is 23.8 Å². The lowest BCUT2D eigenvalue weighted by Gasteiger charge is -2.28. The second kappa shape index (κ2) is 22.2. The Morgan fingerprint density at radius 1 is 0.500 bits per heavy atom. The predicted molar refractivity (Wildman–Crippen MR) is 255 cm³/mol. The van der Waals surface area contributed by atoms with Gasteiger partial charge in [0.15, 0.2) is 11.5 Å². The number of carbonyl (C=O) groups excluding carboxylic acids is 4. The van der Waals surface area contributed by atoms with E-state index in [2.05, 4.69) is 62.4 Å². The third-order valence-corrected chi connectivity index (χ3v) is 13.1. The molecule has 0 spiro atoms. The van der Waals surface area contributed by atoms with Crippen LogP contribution in [0.1, 0.15) is 113 Å². The third-order valence-electron chi connectivity index (χ3n) is 13.1. The number of esters is 4. The van der Waals surface area contributed by atoms with Crippen molar-refractivity contribution >= 4 is 45.7 Å². The summed E-state index contributed by atoms with van der Waals surface area (Å²) >= 11 is 0. The summed E-state index contributed by atoms with van der Waals surface area (Å²) in [6.45, 7) is 4.32. The van der Waals surface area contributed by atoms with Gasteiger partial charge in [-0.3, -0.25) is 19.2 Å². The van der Waals surface area contributed by atoms with Gasteiger partial charge in [-0.15, -0.1) is 0 Å². The van der Waals surface area contributed by atoms with E-state index in [9.17, 15) is 19.2 Å². The zero-order valence-electron chi connectivity index (χ0n) is 38.2. The van der Waals surface area contributed by atoms with Crippen LogP contribution in [0, 0.1) is 11.8 Å². The van der Waals surface area contributed by atoms with Gasteiger partial charge in [0, 0.05) is 29.2 Å². The minimum Gasteiger partial charge on any atom is -0.462 e. The molecule has 0 radical (unpaired) electrons. The van der Waals surface area contributed by atoms with Crippen molar-refractivity contribution in [3.63, 3.8) is 0 Å². The van der Waals surface area contributed by atoms with Gasteiger partial charge < -0.3 is 18.9 Å². The van der Waals surface area contributed by atoms with Crippen molar-refractivity contribution in [2.24, 2.45) is 11.8 Å². The summed E-state index contributed by atoms with van der Waals surface area (Å²) in [5.41, 5.74) is 6.82. The molecule has 2 saturated carbocycles.